The van der Waals surface area contributed by atoms with Crippen molar-refractivity contribution in [2.24, 2.45) is 0 Å². The summed E-state index contributed by atoms with van der Waals surface area (Å²) >= 11 is 0. The number of aromatic nitrogens is 1. The van der Waals surface area contributed by atoms with E-state index in [-0.39, 0.29) is 22.4 Å². The monoisotopic (exact) mass is 470 g/mol. The molecule has 3 aromatic rings. The molecule has 0 radical (unpaired) electrons. The molecule has 176 valence electrons. The van der Waals surface area contributed by atoms with Crippen molar-refractivity contribution in [1.82, 2.24) is 9.71 Å². The molecule has 2 aromatic carbocycles. The van der Waals surface area contributed by atoms with Crippen LogP contribution in [-0.4, -0.2) is 31.0 Å². The number of hydrogen-bond acceptors (Lipinski definition) is 5. The van der Waals surface area contributed by atoms with Gasteiger partial charge in [-0.2, -0.15) is 0 Å². The number of oxazole rings is 1. The Labute approximate surface area is 194 Å². The van der Waals surface area contributed by atoms with E-state index >= 15 is 0 Å². The average Bonchev–Trinajstić information content (AvgIpc) is 3.09. The van der Waals surface area contributed by atoms with Crippen LogP contribution in [0.15, 0.2) is 45.7 Å². The minimum Gasteiger partial charge on any atom is -0.478 e. The molecular weight excluding hydrogens is 440 g/mol. The van der Waals surface area contributed by atoms with E-state index in [4.69, 9.17) is 4.42 Å². The van der Waals surface area contributed by atoms with Crippen molar-refractivity contribution in [3.63, 3.8) is 0 Å². The van der Waals surface area contributed by atoms with Gasteiger partial charge in [0.2, 0.25) is 15.9 Å². The molecule has 0 saturated carbocycles. The fourth-order valence-electron chi connectivity index (χ4n) is 3.49. The van der Waals surface area contributed by atoms with E-state index in [1.54, 1.807) is 20.8 Å². The van der Waals surface area contributed by atoms with E-state index in [0.29, 0.717) is 34.9 Å². The summed E-state index contributed by atoms with van der Waals surface area (Å²) in [5.41, 5.74) is 3.90. The first-order valence-corrected chi connectivity index (χ1v) is 12.2. The zero-order valence-corrected chi connectivity index (χ0v) is 20.6. The summed E-state index contributed by atoms with van der Waals surface area (Å²) in [6.07, 6.45) is 0.339. The van der Waals surface area contributed by atoms with E-state index in [9.17, 15) is 18.3 Å². The highest BCUT2D eigenvalue weighted by molar-refractivity contribution is 7.89. The third kappa shape index (κ3) is 5.51. The lowest BCUT2D eigenvalue weighted by Gasteiger charge is -2.18. The molecule has 0 amide bonds. The SMILES string of the molecule is Cc1cc(S(=O)(=O)NCCc2nc(-c3ccc(C(C)(C)C)cc3)oc2C)cc(C(=O)O)c1C. The lowest BCUT2D eigenvalue weighted by atomic mass is 9.87. The van der Waals surface area contributed by atoms with E-state index in [2.05, 4.69) is 42.6 Å². The van der Waals surface area contributed by atoms with Crippen LogP contribution in [0.25, 0.3) is 11.5 Å². The average molecular weight is 471 g/mol. The molecule has 7 nitrogen and oxygen atoms in total. The van der Waals surface area contributed by atoms with E-state index in [1.165, 1.54) is 17.7 Å². The van der Waals surface area contributed by atoms with Crippen molar-refractivity contribution in [3.8, 4) is 11.5 Å². The Morgan fingerprint density at radius 2 is 1.73 bits per heavy atom. The van der Waals surface area contributed by atoms with Crippen LogP contribution < -0.4 is 4.72 Å². The molecule has 0 fully saturated rings. The normalized spacial score (nSPS) is 12.2. The van der Waals surface area contributed by atoms with E-state index < -0.39 is 16.0 Å². The van der Waals surface area contributed by atoms with Gasteiger partial charge in [-0.3, -0.25) is 0 Å². The zero-order chi connectivity index (χ0) is 24.6. The molecular formula is C25H30N2O5S. The summed E-state index contributed by atoms with van der Waals surface area (Å²) in [5.74, 6) is -0.0385. The van der Waals surface area contributed by atoms with E-state index in [0.717, 1.165) is 5.56 Å². The first kappa shape index (κ1) is 24.7. The molecule has 1 heterocycles. The highest BCUT2D eigenvalue weighted by atomic mass is 32.2. The number of nitrogens with one attached hydrogen (secondary N) is 1. The topological polar surface area (TPSA) is 110 Å². The number of benzene rings is 2. The second kappa shape index (κ2) is 9.11. The zero-order valence-electron chi connectivity index (χ0n) is 19.8. The van der Waals surface area contributed by atoms with Crippen LogP contribution in [0.3, 0.4) is 0 Å². The number of nitrogens with zero attached hydrogens (tertiary/aromatic N) is 1. The first-order valence-electron chi connectivity index (χ1n) is 10.7. The second-order valence-corrected chi connectivity index (χ2v) is 11.0. The molecule has 8 heteroatoms. The van der Waals surface area contributed by atoms with Gasteiger partial charge in [-0.05, 0) is 67.1 Å². The number of carbonyl (C=O) groups is 1. The lowest BCUT2D eigenvalue weighted by Crippen LogP contribution is -2.26. The first-order chi connectivity index (χ1) is 15.3. The Bertz CT molecular complexity index is 1280. The summed E-state index contributed by atoms with van der Waals surface area (Å²) in [7, 11) is -3.87. The summed E-state index contributed by atoms with van der Waals surface area (Å²) in [4.78, 5) is 15.9. The molecule has 0 aliphatic carbocycles. The molecule has 0 saturated heterocycles. The quantitative estimate of drug-likeness (QED) is 0.514. The van der Waals surface area contributed by atoms with Gasteiger partial charge in [0.15, 0.2) is 0 Å². The maximum absolute atomic E-state index is 12.7. The molecule has 0 aliphatic heterocycles. The minimum atomic E-state index is -3.87. The number of rotatable bonds is 7. The van der Waals surface area contributed by atoms with Crippen LogP contribution in [0.1, 0.15) is 59.3 Å². The molecule has 0 atom stereocenters. The molecule has 3 rings (SSSR count). The molecule has 0 spiro atoms. The highest BCUT2D eigenvalue weighted by Crippen LogP contribution is 2.27. The molecule has 33 heavy (non-hydrogen) atoms. The summed E-state index contributed by atoms with van der Waals surface area (Å²) in [6, 6.07) is 10.7. The Morgan fingerprint density at radius 3 is 2.30 bits per heavy atom. The highest BCUT2D eigenvalue weighted by Gasteiger charge is 2.20. The molecule has 2 N–H and O–H groups in total. The number of sulfonamides is 1. The van der Waals surface area contributed by atoms with Gasteiger partial charge in [-0.1, -0.05) is 32.9 Å². The Hall–Kier alpha value is -2.97. The van der Waals surface area contributed by atoms with Gasteiger partial charge < -0.3 is 9.52 Å². The summed E-state index contributed by atoms with van der Waals surface area (Å²) < 4.78 is 33.8. The van der Waals surface area contributed by atoms with Crippen LogP contribution in [0.4, 0.5) is 0 Å². The van der Waals surface area contributed by atoms with Crippen molar-refractivity contribution in [2.75, 3.05) is 6.54 Å². The molecule has 0 bridgehead atoms. The fraction of sp³-hybridized carbons (Fsp3) is 0.360. The van der Waals surface area contributed by atoms with Crippen molar-refractivity contribution in [3.05, 3.63) is 70.1 Å². The maximum atomic E-state index is 12.7. The minimum absolute atomic E-state index is 0.0233. The van der Waals surface area contributed by atoms with E-state index in [1.807, 2.05) is 12.1 Å². The van der Waals surface area contributed by atoms with Gasteiger partial charge in [0.05, 0.1) is 16.2 Å². The molecule has 1 aromatic heterocycles. The van der Waals surface area contributed by atoms with Crippen molar-refractivity contribution in [1.29, 1.82) is 0 Å². The van der Waals surface area contributed by atoms with Gasteiger partial charge in [-0.25, -0.2) is 22.9 Å². The van der Waals surface area contributed by atoms with Crippen LogP contribution in [-0.2, 0) is 21.9 Å². The fourth-order valence-corrected chi connectivity index (χ4v) is 4.63. The van der Waals surface area contributed by atoms with Crippen LogP contribution in [0, 0.1) is 20.8 Å². The maximum Gasteiger partial charge on any atom is 0.336 e. The third-order valence-corrected chi connectivity index (χ3v) is 7.17. The smallest absolute Gasteiger partial charge is 0.336 e. The second-order valence-electron chi connectivity index (χ2n) is 9.21. The van der Waals surface area contributed by atoms with Gasteiger partial charge in [0.25, 0.3) is 0 Å². The Morgan fingerprint density at radius 1 is 1.09 bits per heavy atom. The summed E-state index contributed by atoms with van der Waals surface area (Å²) in [5, 5.41) is 9.35. The van der Waals surface area contributed by atoms with Gasteiger partial charge >= 0.3 is 5.97 Å². The number of aromatic carboxylic acids is 1. The van der Waals surface area contributed by atoms with Crippen molar-refractivity contribution in [2.45, 2.75) is 58.3 Å². The molecule has 0 unspecified atom stereocenters. The Balaban J connectivity index is 1.72. The predicted molar refractivity (Wildman–Crippen MR) is 127 cm³/mol. The lowest BCUT2D eigenvalue weighted by molar-refractivity contribution is 0.0695. The van der Waals surface area contributed by atoms with Gasteiger partial charge in [0.1, 0.15) is 5.76 Å². The number of aryl methyl sites for hydroxylation is 2. The number of carboxylic acids is 1. The van der Waals surface area contributed by atoms with Crippen LogP contribution in [0.5, 0.6) is 0 Å². The van der Waals surface area contributed by atoms with Gasteiger partial charge in [-0.15, -0.1) is 0 Å². The van der Waals surface area contributed by atoms with Crippen molar-refractivity contribution < 1.29 is 22.7 Å². The van der Waals surface area contributed by atoms with Gasteiger partial charge in [0, 0.05) is 18.5 Å². The van der Waals surface area contributed by atoms with Crippen LogP contribution in [0.2, 0.25) is 0 Å². The Kier molecular flexibility index (Phi) is 6.81. The number of hydrogen-bond donors (Lipinski definition) is 2. The predicted octanol–water partition coefficient (Wildman–Crippen LogP) is 4.78. The number of carboxylic acid groups (broad SMARTS) is 1. The standard InChI is InChI=1S/C25H30N2O5S/c1-15-13-20(14-21(16(15)2)24(28)29)33(30,31)26-12-11-22-17(3)32-23(27-22)18-7-9-19(10-8-18)25(4,5)6/h7-10,13-14,26H,11-12H2,1-6H3,(H,28,29). The summed E-state index contributed by atoms with van der Waals surface area (Å²) in [6.45, 7) is 11.7. The molecule has 0 aliphatic rings. The largest absolute Gasteiger partial charge is 0.478 e. The van der Waals surface area contributed by atoms with Crippen molar-refractivity contribution >= 4 is 16.0 Å². The van der Waals surface area contributed by atoms with Crippen LogP contribution >= 0.6 is 0 Å². The third-order valence-electron chi connectivity index (χ3n) is 5.73.